The van der Waals surface area contributed by atoms with Crippen LogP contribution in [0, 0.1) is 0 Å². The number of halogens is 2. The molecule has 164 valence electrons. The Morgan fingerprint density at radius 2 is 1.67 bits per heavy atom. The van der Waals surface area contributed by atoms with Crippen molar-refractivity contribution in [1.29, 1.82) is 0 Å². The van der Waals surface area contributed by atoms with Gasteiger partial charge in [0.05, 0.1) is 23.2 Å². The lowest BCUT2D eigenvalue weighted by Gasteiger charge is -2.11. The van der Waals surface area contributed by atoms with Crippen LogP contribution in [0.4, 0.5) is 0 Å². The number of nitrogens with one attached hydrogen (secondary N) is 1. The molecular formula is C26H18Cl2N2O3. The molecule has 0 aliphatic carbocycles. The zero-order valence-electron chi connectivity index (χ0n) is 17.3. The number of hydrogen-bond donors (Lipinski definition) is 1. The Hall–Kier alpha value is -3.67. The van der Waals surface area contributed by atoms with Crippen LogP contribution in [-0.4, -0.2) is 18.1 Å². The minimum atomic E-state index is -0.630. The SMILES string of the molecule is O=C(Cc1ccccc1)N/N=C/c1c(OC(=O)c2ccc(Cl)cc2Cl)ccc2ccccc12. The molecule has 0 spiro atoms. The Labute approximate surface area is 200 Å². The summed E-state index contributed by atoms with van der Waals surface area (Å²) in [5, 5.41) is 6.45. The number of esters is 1. The maximum absolute atomic E-state index is 12.8. The van der Waals surface area contributed by atoms with Gasteiger partial charge in [-0.15, -0.1) is 0 Å². The van der Waals surface area contributed by atoms with Gasteiger partial charge in [-0.3, -0.25) is 4.79 Å². The van der Waals surface area contributed by atoms with E-state index in [-0.39, 0.29) is 28.7 Å². The zero-order valence-corrected chi connectivity index (χ0v) is 18.8. The van der Waals surface area contributed by atoms with Gasteiger partial charge in [0.1, 0.15) is 5.75 Å². The summed E-state index contributed by atoms with van der Waals surface area (Å²) >= 11 is 12.1. The average Bonchev–Trinajstić information content (AvgIpc) is 2.80. The third-order valence-electron chi connectivity index (χ3n) is 4.87. The van der Waals surface area contributed by atoms with E-state index in [0.29, 0.717) is 10.6 Å². The van der Waals surface area contributed by atoms with Crippen LogP contribution in [0.3, 0.4) is 0 Å². The Kier molecular flexibility index (Phi) is 7.03. The molecule has 0 saturated carbocycles. The molecule has 4 aromatic rings. The first-order valence-corrected chi connectivity index (χ1v) is 10.8. The second-order valence-corrected chi connectivity index (χ2v) is 8.01. The smallest absolute Gasteiger partial charge is 0.345 e. The molecule has 4 aromatic carbocycles. The van der Waals surface area contributed by atoms with Gasteiger partial charge in [-0.1, -0.05) is 83.9 Å². The molecule has 5 nitrogen and oxygen atoms in total. The zero-order chi connectivity index (χ0) is 23.2. The van der Waals surface area contributed by atoms with Crippen molar-refractivity contribution in [2.75, 3.05) is 0 Å². The summed E-state index contributed by atoms with van der Waals surface area (Å²) in [6.45, 7) is 0. The lowest BCUT2D eigenvalue weighted by Crippen LogP contribution is -2.19. The minimum Gasteiger partial charge on any atom is -0.422 e. The molecule has 0 radical (unpaired) electrons. The summed E-state index contributed by atoms with van der Waals surface area (Å²) in [7, 11) is 0. The lowest BCUT2D eigenvalue weighted by atomic mass is 10.0. The van der Waals surface area contributed by atoms with Crippen molar-refractivity contribution in [2.45, 2.75) is 6.42 Å². The van der Waals surface area contributed by atoms with Gasteiger partial charge in [-0.25, -0.2) is 10.2 Å². The fraction of sp³-hybridized carbons (Fsp3) is 0.0385. The summed E-state index contributed by atoms with van der Waals surface area (Å²) in [6, 6.07) is 25.0. The topological polar surface area (TPSA) is 67.8 Å². The molecule has 4 rings (SSSR count). The number of ether oxygens (including phenoxy) is 1. The van der Waals surface area contributed by atoms with Crippen LogP contribution in [0.1, 0.15) is 21.5 Å². The molecule has 0 fully saturated rings. The monoisotopic (exact) mass is 476 g/mol. The van der Waals surface area contributed by atoms with Crippen LogP contribution in [-0.2, 0) is 11.2 Å². The number of amides is 1. The van der Waals surface area contributed by atoms with Gasteiger partial charge in [0.2, 0.25) is 5.91 Å². The third kappa shape index (κ3) is 5.58. The Balaban J connectivity index is 1.59. The summed E-state index contributed by atoms with van der Waals surface area (Å²) in [5.74, 6) is -0.607. The van der Waals surface area contributed by atoms with Crippen LogP contribution in [0.5, 0.6) is 5.75 Å². The van der Waals surface area contributed by atoms with Crippen molar-refractivity contribution in [2.24, 2.45) is 5.10 Å². The Bertz CT molecular complexity index is 1350. The first kappa shape index (κ1) is 22.5. The number of hydrazone groups is 1. The molecule has 0 unspecified atom stereocenters. The fourth-order valence-corrected chi connectivity index (χ4v) is 3.78. The molecule has 33 heavy (non-hydrogen) atoms. The van der Waals surface area contributed by atoms with Crippen molar-refractivity contribution in [3.05, 3.63) is 112 Å². The summed E-state index contributed by atoms with van der Waals surface area (Å²) in [6.07, 6.45) is 1.67. The predicted octanol–water partition coefficient (Wildman–Crippen LogP) is 6.06. The second kappa shape index (κ2) is 10.3. The Morgan fingerprint density at radius 3 is 2.45 bits per heavy atom. The van der Waals surface area contributed by atoms with Crippen molar-refractivity contribution >= 4 is 52.1 Å². The number of carbonyl (C=O) groups is 2. The first-order valence-electron chi connectivity index (χ1n) is 10.1. The van der Waals surface area contributed by atoms with Gasteiger partial charge in [0, 0.05) is 10.6 Å². The largest absolute Gasteiger partial charge is 0.422 e. The van der Waals surface area contributed by atoms with E-state index in [9.17, 15) is 9.59 Å². The lowest BCUT2D eigenvalue weighted by molar-refractivity contribution is -0.120. The average molecular weight is 477 g/mol. The quantitative estimate of drug-likeness (QED) is 0.159. The summed E-state index contributed by atoms with van der Waals surface area (Å²) < 4.78 is 5.64. The maximum atomic E-state index is 12.8. The van der Waals surface area contributed by atoms with E-state index in [1.54, 1.807) is 12.1 Å². The van der Waals surface area contributed by atoms with Crippen molar-refractivity contribution in [1.82, 2.24) is 5.43 Å². The number of benzene rings is 4. The number of fused-ring (bicyclic) bond motifs is 1. The summed E-state index contributed by atoms with van der Waals surface area (Å²) in [5.41, 5.74) is 4.14. The highest BCUT2D eigenvalue weighted by Gasteiger charge is 2.16. The van der Waals surface area contributed by atoms with E-state index in [1.165, 1.54) is 18.3 Å². The van der Waals surface area contributed by atoms with Gasteiger partial charge >= 0.3 is 5.97 Å². The van der Waals surface area contributed by atoms with Crippen LogP contribution < -0.4 is 10.2 Å². The Morgan fingerprint density at radius 1 is 0.909 bits per heavy atom. The van der Waals surface area contributed by atoms with Gasteiger partial charge in [-0.2, -0.15) is 5.10 Å². The van der Waals surface area contributed by atoms with Crippen LogP contribution >= 0.6 is 23.2 Å². The molecule has 0 aromatic heterocycles. The van der Waals surface area contributed by atoms with Crippen LogP contribution in [0.2, 0.25) is 10.0 Å². The van der Waals surface area contributed by atoms with Gasteiger partial charge in [-0.05, 0) is 40.6 Å². The van der Waals surface area contributed by atoms with Crippen molar-refractivity contribution < 1.29 is 14.3 Å². The van der Waals surface area contributed by atoms with E-state index in [4.69, 9.17) is 27.9 Å². The van der Waals surface area contributed by atoms with E-state index < -0.39 is 5.97 Å². The van der Waals surface area contributed by atoms with E-state index >= 15 is 0 Å². The second-order valence-electron chi connectivity index (χ2n) is 7.17. The predicted molar refractivity (Wildman–Crippen MR) is 131 cm³/mol. The molecule has 0 aliphatic heterocycles. The van der Waals surface area contributed by atoms with Gasteiger partial charge < -0.3 is 4.74 Å². The minimum absolute atomic E-state index is 0.188. The van der Waals surface area contributed by atoms with Crippen LogP contribution in [0.15, 0.2) is 90.0 Å². The van der Waals surface area contributed by atoms with Gasteiger partial charge in [0.15, 0.2) is 0 Å². The standard InChI is InChI=1S/C26H18Cl2N2O3/c27-19-11-12-21(23(28)15-19)26(32)33-24-13-10-18-8-4-5-9-20(18)22(24)16-29-30-25(31)14-17-6-2-1-3-7-17/h1-13,15-16H,14H2,(H,30,31)/b29-16+. The number of carbonyl (C=O) groups excluding carboxylic acids is 2. The van der Waals surface area contributed by atoms with Crippen LogP contribution in [0.25, 0.3) is 10.8 Å². The van der Waals surface area contributed by atoms with E-state index in [2.05, 4.69) is 10.5 Å². The molecule has 0 aliphatic rings. The molecular weight excluding hydrogens is 459 g/mol. The first-order chi connectivity index (χ1) is 16.0. The molecule has 1 amide bonds. The molecule has 0 atom stereocenters. The highest BCUT2D eigenvalue weighted by molar-refractivity contribution is 6.36. The number of nitrogens with zero attached hydrogens (tertiary/aromatic N) is 1. The maximum Gasteiger partial charge on any atom is 0.345 e. The number of hydrogen-bond acceptors (Lipinski definition) is 4. The van der Waals surface area contributed by atoms with E-state index in [1.807, 2.05) is 60.7 Å². The normalized spacial score (nSPS) is 11.0. The third-order valence-corrected chi connectivity index (χ3v) is 5.42. The molecule has 0 bridgehead atoms. The molecule has 1 N–H and O–H groups in total. The molecule has 7 heteroatoms. The molecule has 0 heterocycles. The van der Waals surface area contributed by atoms with E-state index in [0.717, 1.165) is 16.3 Å². The molecule has 0 saturated heterocycles. The van der Waals surface area contributed by atoms with Gasteiger partial charge in [0.25, 0.3) is 0 Å². The highest BCUT2D eigenvalue weighted by Crippen LogP contribution is 2.29. The van der Waals surface area contributed by atoms with Crippen molar-refractivity contribution in [3.8, 4) is 5.75 Å². The highest BCUT2D eigenvalue weighted by atomic mass is 35.5. The fourth-order valence-electron chi connectivity index (χ4n) is 3.30. The summed E-state index contributed by atoms with van der Waals surface area (Å²) in [4.78, 5) is 25.0. The van der Waals surface area contributed by atoms with Crippen molar-refractivity contribution in [3.63, 3.8) is 0 Å². The number of rotatable bonds is 6.